The molecule has 0 N–H and O–H groups in total. The Morgan fingerprint density at radius 1 is 1.14 bits per heavy atom. The van der Waals surface area contributed by atoms with Crippen LogP contribution in [-0.4, -0.2) is 37.6 Å². The summed E-state index contributed by atoms with van der Waals surface area (Å²) in [4.78, 5) is 5.61. The van der Waals surface area contributed by atoms with Gasteiger partial charge in [0, 0.05) is 12.2 Å². The number of thiophene rings is 1. The molecule has 29 heavy (non-hydrogen) atoms. The summed E-state index contributed by atoms with van der Waals surface area (Å²) in [5.74, 6) is 2.61. The van der Waals surface area contributed by atoms with Crippen molar-refractivity contribution < 1.29 is 9.26 Å². The van der Waals surface area contributed by atoms with E-state index in [0.29, 0.717) is 17.5 Å². The normalized spacial score (nSPS) is 16.5. The summed E-state index contributed by atoms with van der Waals surface area (Å²) >= 11 is 3.23. The minimum absolute atomic E-state index is 0.207. The van der Waals surface area contributed by atoms with Crippen molar-refractivity contribution in [3.63, 3.8) is 0 Å². The van der Waals surface area contributed by atoms with Crippen LogP contribution in [0.15, 0.2) is 57.5 Å². The molecule has 5 rings (SSSR count). The summed E-state index contributed by atoms with van der Waals surface area (Å²) in [6, 6.07) is 13.9. The summed E-state index contributed by atoms with van der Waals surface area (Å²) in [6.07, 6.45) is 2.38. The van der Waals surface area contributed by atoms with Crippen LogP contribution < -0.4 is 0 Å². The molecule has 1 saturated heterocycles. The highest BCUT2D eigenvalue weighted by molar-refractivity contribution is 7.98. The standard InChI is InChI=1S/C20H19N5O2S2/c1-2-6-14(7-3-1)19-21-17(24-27-19)13-29-20-23-22-18(16-9-5-11-28-16)25(20)12-15-8-4-10-26-15/h1-3,5-7,9,11,15H,4,8,10,12-13H2. The lowest BCUT2D eigenvalue weighted by molar-refractivity contribution is 0.0953. The number of benzene rings is 1. The topological polar surface area (TPSA) is 78.9 Å². The van der Waals surface area contributed by atoms with Gasteiger partial charge in [0.15, 0.2) is 16.8 Å². The van der Waals surface area contributed by atoms with E-state index in [1.807, 2.05) is 36.4 Å². The number of hydrogen-bond acceptors (Lipinski definition) is 8. The maximum Gasteiger partial charge on any atom is 0.257 e. The number of nitrogens with zero attached hydrogens (tertiary/aromatic N) is 5. The second-order valence-corrected chi connectivity index (χ2v) is 8.59. The highest BCUT2D eigenvalue weighted by Crippen LogP contribution is 2.30. The molecule has 3 aromatic heterocycles. The van der Waals surface area contributed by atoms with Crippen molar-refractivity contribution in [1.82, 2.24) is 24.9 Å². The highest BCUT2D eigenvalue weighted by atomic mass is 32.2. The lowest BCUT2D eigenvalue weighted by atomic mass is 10.2. The van der Waals surface area contributed by atoms with Crippen LogP contribution in [0.5, 0.6) is 0 Å². The van der Waals surface area contributed by atoms with E-state index in [1.54, 1.807) is 23.1 Å². The maximum atomic E-state index is 5.85. The molecule has 148 valence electrons. The van der Waals surface area contributed by atoms with Crippen LogP contribution in [0.3, 0.4) is 0 Å². The van der Waals surface area contributed by atoms with Gasteiger partial charge in [-0.25, -0.2) is 0 Å². The second-order valence-electron chi connectivity index (χ2n) is 6.70. The van der Waals surface area contributed by atoms with Gasteiger partial charge < -0.3 is 9.26 Å². The molecule has 4 heterocycles. The first-order valence-electron chi connectivity index (χ1n) is 9.46. The number of rotatable bonds is 7. The van der Waals surface area contributed by atoms with Gasteiger partial charge in [-0.1, -0.05) is 41.2 Å². The molecule has 1 aliphatic rings. The van der Waals surface area contributed by atoms with Gasteiger partial charge in [-0.05, 0) is 36.4 Å². The Hall–Kier alpha value is -2.49. The number of hydrogen-bond donors (Lipinski definition) is 0. The number of ether oxygens (including phenoxy) is 1. The molecular formula is C20H19N5O2S2. The Morgan fingerprint density at radius 3 is 2.86 bits per heavy atom. The Balaban J connectivity index is 1.35. The van der Waals surface area contributed by atoms with Crippen molar-refractivity contribution in [2.45, 2.75) is 36.4 Å². The lowest BCUT2D eigenvalue weighted by Gasteiger charge is -2.13. The van der Waals surface area contributed by atoms with Crippen LogP contribution >= 0.6 is 23.1 Å². The molecule has 0 radical (unpaired) electrons. The molecule has 0 bridgehead atoms. The van der Waals surface area contributed by atoms with Gasteiger partial charge in [0.05, 0.1) is 23.3 Å². The van der Waals surface area contributed by atoms with E-state index in [4.69, 9.17) is 9.26 Å². The molecule has 1 unspecified atom stereocenters. The van der Waals surface area contributed by atoms with Crippen LogP contribution in [0.4, 0.5) is 0 Å². The number of aromatic nitrogens is 5. The first-order valence-corrected chi connectivity index (χ1v) is 11.3. The molecular weight excluding hydrogens is 406 g/mol. The zero-order valence-electron chi connectivity index (χ0n) is 15.6. The molecule has 7 nitrogen and oxygen atoms in total. The summed E-state index contributed by atoms with van der Waals surface area (Å²) in [6.45, 7) is 1.58. The Bertz CT molecular complexity index is 1060. The predicted octanol–water partition coefficient (Wildman–Crippen LogP) is 4.53. The van der Waals surface area contributed by atoms with Gasteiger partial charge >= 0.3 is 0 Å². The van der Waals surface area contributed by atoms with Crippen molar-refractivity contribution in [2.75, 3.05) is 6.61 Å². The van der Waals surface area contributed by atoms with Crippen molar-refractivity contribution >= 4 is 23.1 Å². The average Bonchev–Trinajstić information content (AvgIpc) is 3.54. The lowest BCUT2D eigenvalue weighted by Crippen LogP contribution is -2.16. The van der Waals surface area contributed by atoms with Crippen molar-refractivity contribution in [1.29, 1.82) is 0 Å². The van der Waals surface area contributed by atoms with Gasteiger partial charge in [-0.15, -0.1) is 21.5 Å². The smallest absolute Gasteiger partial charge is 0.257 e. The molecule has 0 saturated carbocycles. The zero-order valence-corrected chi connectivity index (χ0v) is 17.2. The summed E-state index contributed by atoms with van der Waals surface area (Å²) < 4.78 is 13.4. The van der Waals surface area contributed by atoms with Crippen LogP contribution in [0.2, 0.25) is 0 Å². The molecule has 4 aromatic rings. The maximum absolute atomic E-state index is 5.85. The van der Waals surface area contributed by atoms with Crippen LogP contribution in [0.25, 0.3) is 22.2 Å². The first kappa shape index (κ1) is 18.5. The third-order valence-corrected chi connectivity index (χ3v) is 6.52. The summed E-state index contributed by atoms with van der Waals surface area (Å²) in [5, 5.41) is 15.9. The molecule has 9 heteroatoms. The molecule has 0 aliphatic carbocycles. The quantitative estimate of drug-likeness (QED) is 0.403. The van der Waals surface area contributed by atoms with Crippen molar-refractivity contribution in [3.8, 4) is 22.2 Å². The fourth-order valence-corrected chi connectivity index (χ4v) is 4.79. The fourth-order valence-electron chi connectivity index (χ4n) is 3.28. The molecule has 0 amide bonds. The molecule has 1 aliphatic heterocycles. The summed E-state index contributed by atoms with van der Waals surface area (Å²) in [7, 11) is 0. The molecule has 1 fully saturated rings. The van der Waals surface area contributed by atoms with Gasteiger partial charge in [0.25, 0.3) is 5.89 Å². The molecule has 1 aromatic carbocycles. The molecule has 0 spiro atoms. The predicted molar refractivity (Wildman–Crippen MR) is 112 cm³/mol. The van der Waals surface area contributed by atoms with E-state index in [-0.39, 0.29) is 6.10 Å². The Kier molecular flexibility index (Phi) is 5.42. The van der Waals surface area contributed by atoms with E-state index < -0.39 is 0 Å². The molecule has 1 atom stereocenters. The second kappa shape index (κ2) is 8.48. The minimum Gasteiger partial charge on any atom is -0.376 e. The SMILES string of the molecule is c1ccc(-c2nc(CSc3nnc(-c4cccs4)n3CC3CCCO3)no2)cc1. The van der Waals surface area contributed by atoms with Gasteiger partial charge in [0.1, 0.15) is 0 Å². The third kappa shape index (κ3) is 4.12. The average molecular weight is 426 g/mol. The van der Waals surface area contributed by atoms with E-state index >= 15 is 0 Å². The minimum atomic E-state index is 0.207. The van der Waals surface area contributed by atoms with Gasteiger partial charge in [-0.3, -0.25) is 4.57 Å². The summed E-state index contributed by atoms with van der Waals surface area (Å²) in [5.41, 5.74) is 0.915. The van der Waals surface area contributed by atoms with Crippen LogP contribution in [0, 0.1) is 0 Å². The van der Waals surface area contributed by atoms with E-state index in [2.05, 4.69) is 36.4 Å². The largest absolute Gasteiger partial charge is 0.376 e. The number of thioether (sulfide) groups is 1. The highest BCUT2D eigenvalue weighted by Gasteiger charge is 2.22. The van der Waals surface area contributed by atoms with E-state index in [1.165, 1.54) is 0 Å². The van der Waals surface area contributed by atoms with Gasteiger partial charge in [0.2, 0.25) is 0 Å². The van der Waals surface area contributed by atoms with E-state index in [9.17, 15) is 0 Å². The monoisotopic (exact) mass is 425 g/mol. The van der Waals surface area contributed by atoms with Crippen LogP contribution in [0.1, 0.15) is 18.7 Å². The van der Waals surface area contributed by atoms with Crippen LogP contribution in [-0.2, 0) is 17.0 Å². The Morgan fingerprint density at radius 2 is 2.07 bits per heavy atom. The third-order valence-electron chi connectivity index (χ3n) is 4.69. The van der Waals surface area contributed by atoms with E-state index in [0.717, 1.165) is 47.4 Å². The van der Waals surface area contributed by atoms with Crippen molar-refractivity contribution in [3.05, 3.63) is 53.7 Å². The zero-order chi connectivity index (χ0) is 19.5. The Labute approximate surface area is 176 Å². The fraction of sp³-hybridized carbons (Fsp3) is 0.300. The van der Waals surface area contributed by atoms with Crippen molar-refractivity contribution in [2.24, 2.45) is 0 Å². The van der Waals surface area contributed by atoms with Gasteiger partial charge in [-0.2, -0.15) is 4.98 Å². The first-order chi connectivity index (χ1) is 14.4.